The number of unbranched alkanes of at least 4 members (excludes halogenated alkanes) is 2. The van der Waals surface area contributed by atoms with E-state index < -0.39 is 8.53 Å². The van der Waals surface area contributed by atoms with E-state index in [0.717, 1.165) is 38.5 Å². The van der Waals surface area contributed by atoms with Gasteiger partial charge >= 0.3 is 0 Å². The molecule has 0 aromatic carbocycles. The lowest BCUT2D eigenvalue weighted by atomic mass is 9.81. The predicted molar refractivity (Wildman–Crippen MR) is 161 cm³/mol. The summed E-state index contributed by atoms with van der Waals surface area (Å²) in [5.41, 5.74) is -0.285. The number of likely N-dealkylation sites (tertiary alicyclic amines) is 1. The van der Waals surface area contributed by atoms with Crippen LogP contribution in [0.5, 0.6) is 0 Å². The maximum absolute atomic E-state index is 12.9. The van der Waals surface area contributed by atoms with Gasteiger partial charge in [0.2, 0.25) is 18.4 Å². The summed E-state index contributed by atoms with van der Waals surface area (Å²) in [6, 6.07) is 0.475. The van der Waals surface area contributed by atoms with Crippen LogP contribution in [0.2, 0.25) is 0 Å². The van der Waals surface area contributed by atoms with E-state index in [0.29, 0.717) is 70.0 Å². The van der Waals surface area contributed by atoms with E-state index in [4.69, 9.17) is 17.0 Å². The molecule has 0 aromatic rings. The summed E-state index contributed by atoms with van der Waals surface area (Å²) >= 11 is 0. The fourth-order valence-corrected chi connectivity index (χ4v) is 8.00. The number of hydrogen-bond acceptors (Lipinski definition) is 5. The molecule has 2 fully saturated rings. The molecule has 9 heteroatoms. The average molecular weight is 579 g/mol. The van der Waals surface area contributed by atoms with E-state index in [2.05, 4.69) is 54.7 Å². The Labute approximate surface area is 245 Å². The van der Waals surface area contributed by atoms with Crippen LogP contribution in [-0.2, 0) is 18.6 Å². The Morgan fingerprint density at radius 1 is 1.15 bits per heavy atom. The zero-order chi connectivity index (χ0) is 29.8. The first-order valence-corrected chi connectivity index (χ1v) is 16.5. The summed E-state index contributed by atoms with van der Waals surface area (Å²) in [7, 11) is -1.33. The minimum atomic E-state index is -1.33. The number of nitrogens with one attached hydrogen (secondary N) is 1. The van der Waals surface area contributed by atoms with Gasteiger partial charge in [-0.3, -0.25) is 9.59 Å². The van der Waals surface area contributed by atoms with Gasteiger partial charge in [0, 0.05) is 45.9 Å². The van der Waals surface area contributed by atoms with E-state index in [-0.39, 0.29) is 36.2 Å². The van der Waals surface area contributed by atoms with Gasteiger partial charge in [-0.25, -0.2) is 11.2 Å². The van der Waals surface area contributed by atoms with Crippen molar-refractivity contribution < 1.29 is 20.0 Å². The number of rotatable bonds is 17. The van der Waals surface area contributed by atoms with E-state index in [9.17, 15) is 9.59 Å². The van der Waals surface area contributed by atoms with Crippen LogP contribution >= 0.6 is 8.53 Å². The fourth-order valence-electron chi connectivity index (χ4n) is 6.28. The average Bonchev–Trinajstić information content (AvgIpc) is 3.57. The second-order valence-corrected chi connectivity index (χ2v) is 14.0. The van der Waals surface area contributed by atoms with Crippen molar-refractivity contribution in [2.75, 3.05) is 39.4 Å². The second-order valence-electron chi connectivity index (χ2n) is 12.6. The Balaban J connectivity index is 1.33. The molecule has 1 saturated carbocycles. The highest BCUT2D eigenvalue weighted by atomic mass is 31.2. The van der Waals surface area contributed by atoms with Gasteiger partial charge in [0.15, 0.2) is 0 Å². The van der Waals surface area contributed by atoms with Crippen LogP contribution < -0.4 is 5.32 Å². The molecule has 226 valence electrons. The van der Waals surface area contributed by atoms with Crippen molar-refractivity contribution >= 4 is 20.3 Å². The fraction of sp³-hybridized carbons (Fsp3) is 0.839. The van der Waals surface area contributed by atoms with Gasteiger partial charge in [0.1, 0.15) is 6.61 Å². The molecule has 3 aliphatic rings. The second kappa shape index (κ2) is 16.2. The van der Waals surface area contributed by atoms with Gasteiger partial charge in [0.25, 0.3) is 8.53 Å². The van der Waals surface area contributed by atoms with Crippen LogP contribution in [0.1, 0.15) is 93.8 Å². The highest BCUT2D eigenvalue weighted by molar-refractivity contribution is 7.44. The van der Waals surface area contributed by atoms with Crippen molar-refractivity contribution in [3.63, 3.8) is 0 Å². The van der Waals surface area contributed by atoms with Gasteiger partial charge in [0.05, 0.1) is 6.61 Å². The van der Waals surface area contributed by atoms with Crippen LogP contribution in [0, 0.1) is 29.7 Å². The normalized spacial score (nSPS) is 24.5. The molecule has 4 atom stereocenters. The molecule has 2 amide bonds. The van der Waals surface area contributed by atoms with Gasteiger partial charge < -0.3 is 24.1 Å². The smallest absolute Gasteiger partial charge is 0.259 e. The summed E-state index contributed by atoms with van der Waals surface area (Å²) in [6.45, 7) is 18.9. The number of carbonyl (C=O) groups is 2. The number of amides is 2. The Bertz CT molecular complexity index is 895. The highest BCUT2D eigenvalue weighted by Crippen LogP contribution is 2.48. The maximum Gasteiger partial charge on any atom is 0.259 e. The number of allylic oxidation sites excluding steroid dienone is 2. The number of fused-ring (bicyclic) bond motifs is 2. The van der Waals surface area contributed by atoms with Gasteiger partial charge in [-0.05, 0) is 89.4 Å². The molecule has 2 aliphatic carbocycles. The summed E-state index contributed by atoms with van der Waals surface area (Å²) in [4.78, 5) is 30.5. The Morgan fingerprint density at radius 2 is 1.90 bits per heavy atom. The van der Waals surface area contributed by atoms with Crippen molar-refractivity contribution in [1.82, 2.24) is 14.9 Å². The molecule has 3 rings (SSSR count). The number of nitrogens with zero attached hydrogens (tertiary/aromatic N) is 3. The van der Waals surface area contributed by atoms with Gasteiger partial charge in [-0.1, -0.05) is 25.5 Å². The first-order chi connectivity index (χ1) is 19.7. The molecule has 1 N–H and O–H groups in total. The largest absolute Gasteiger partial charge is 0.356 e. The first kappa shape index (κ1) is 31.4. The Morgan fingerprint density at radius 3 is 2.50 bits per heavy atom. The maximum atomic E-state index is 12.9. The van der Waals surface area contributed by atoms with Gasteiger partial charge in [-0.15, -0.1) is 0 Å². The molecule has 1 aliphatic heterocycles. The van der Waals surface area contributed by atoms with Crippen molar-refractivity contribution in [2.45, 2.75) is 104 Å². The van der Waals surface area contributed by atoms with E-state index in [1.807, 2.05) is 4.90 Å². The number of carbonyl (C=O) groups excluding carboxylic acids is 2. The van der Waals surface area contributed by atoms with Crippen molar-refractivity contribution in [1.29, 1.82) is 0 Å². The topological polar surface area (TPSA) is 75.5 Å². The monoisotopic (exact) mass is 578 g/mol. The lowest BCUT2D eigenvalue weighted by Crippen LogP contribution is -2.44. The van der Waals surface area contributed by atoms with Crippen LogP contribution in [-0.4, -0.2) is 72.9 Å². The molecule has 4 unspecified atom stereocenters. The summed E-state index contributed by atoms with van der Waals surface area (Å²) < 4.78 is 22.9. The summed E-state index contributed by atoms with van der Waals surface area (Å²) in [5, 5.41) is 3.08. The highest BCUT2D eigenvalue weighted by Gasteiger charge is 2.37. The molecule has 1 saturated heterocycles. The Hall–Kier alpha value is -1.52. The van der Waals surface area contributed by atoms with Crippen LogP contribution in [0.4, 0.5) is 0 Å². The third kappa shape index (κ3) is 10.1. The third-order valence-corrected chi connectivity index (χ3v) is 10.6. The Kier molecular flexibility index (Phi) is 12.7. The molecule has 0 spiro atoms. The summed E-state index contributed by atoms with van der Waals surface area (Å²) in [5.74, 6) is 2.19. The predicted octanol–water partition coefficient (Wildman–Crippen LogP) is 6.19. The molecule has 0 radical (unpaired) electrons. The van der Waals surface area contributed by atoms with Crippen LogP contribution in [0.3, 0.4) is 0 Å². The van der Waals surface area contributed by atoms with Crippen LogP contribution in [0.25, 0.3) is 4.85 Å². The number of piperidine rings is 1. The van der Waals surface area contributed by atoms with E-state index >= 15 is 0 Å². The lowest BCUT2D eigenvalue weighted by Gasteiger charge is -2.41. The molecule has 2 bridgehead atoms. The molecule has 8 nitrogen and oxygen atoms in total. The molecular weight excluding hydrogens is 523 g/mol. The minimum Gasteiger partial charge on any atom is -0.356 e. The molecule has 40 heavy (non-hydrogen) atoms. The van der Waals surface area contributed by atoms with Gasteiger partial charge in [-0.2, -0.15) is 0 Å². The molecule has 0 aromatic heterocycles. The molecule has 1 heterocycles. The SMILES string of the molecule is [3H]CC1(COP(OCC[N+]#[C-])N(C(C)C)C(C)C)CCN(C(=O)CCCCCNC(=O)CC2CC3C=CC2C3)CC1. The zero-order valence-corrected chi connectivity index (χ0v) is 26.2. The standard InChI is InChI=1S/C31H53N4O4P/c1-24(2)35(25(3)4)40(38-19-16-32-6)39-23-31(5)13-17-34(18-14-31)30(37)10-8-7-9-15-33-29(36)22-28-21-26-11-12-27(28)20-26/h11-12,24-28H,7-10,13-23H2,1-5H3,(H,33,36)/i5T. The number of hydrogen-bond donors (Lipinski definition) is 1. The van der Waals surface area contributed by atoms with Crippen molar-refractivity contribution in [2.24, 2.45) is 23.2 Å². The molecular formula is C31H53N4O4P. The quantitative estimate of drug-likeness (QED) is 0.0964. The van der Waals surface area contributed by atoms with Crippen molar-refractivity contribution in [3.8, 4) is 0 Å². The van der Waals surface area contributed by atoms with E-state index in [1.165, 1.54) is 6.42 Å². The lowest BCUT2D eigenvalue weighted by molar-refractivity contribution is -0.134. The first-order valence-electron chi connectivity index (χ1n) is 16.1. The van der Waals surface area contributed by atoms with Crippen molar-refractivity contribution in [3.05, 3.63) is 23.6 Å². The van der Waals surface area contributed by atoms with Crippen LogP contribution in [0.15, 0.2) is 12.2 Å². The zero-order valence-electron chi connectivity index (χ0n) is 26.3. The summed E-state index contributed by atoms with van der Waals surface area (Å²) in [6.07, 6.45) is 12.4. The third-order valence-electron chi connectivity index (χ3n) is 8.56. The minimum absolute atomic E-state index is 0.172. The van der Waals surface area contributed by atoms with E-state index in [1.54, 1.807) is 0 Å².